The first-order valence-corrected chi connectivity index (χ1v) is 6.88. The fourth-order valence-electron chi connectivity index (χ4n) is 2.96. The highest BCUT2D eigenvalue weighted by Gasteiger charge is 2.61. The van der Waals surface area contributed by atoms with Crippen molar-refractivity contribution >= 4 is 21.8 Å². The smallest absolute Gasteiger partial charge is 0.250 e. The molecule has 0 saturated heterocycles. The Bertz CT molecular complexity index is 536. The van der Waals surface area contributed by atoms with Crippen LogP contribution in [0.2, 0.25) is 0 Å². The molecule has 3 rings (SSSR count). The molecule has 0 amide bonds. The van der Waals surface area contributed by atoms with Crippen molar-refractivity contribution < 1.29 is 8.78 Å². The van der Waals surface area contributed by atoms with Crippen LogP contribution in [-0.2, 0) is 5.41 Å². The minimum atomic E-state index is -2.60. The van der Waals surface area contributed by atoms with Crippen LogP contribution in [0.1, 0.15) is 18.4 Å². The van der Waals surface area contributed by atoms with Crippen molar-refractivity contribution in [3.63, 3.8) is 0 Å². The van der Waals surface area contributed by atoms with Crippen LogP contribution in [0, 0.1) is 0 Å². The summed E-state index contributed by atoms with van der Waals surface area (Å²) in [5.74, 6) is -1.90. The number of halogens is 3. The molecule has 1 fully saturated rings. The standard InChI is InChI=1S/C13H14BrF2N3/c1-19-8-17-18-11(19)12(6-13(15,16)7-12)9-3-2-4-10(14)5-9/h2-5,17H,6-8H2,1H3. The van der Waals surface area contributed by atoms with Gasteiger partial charge in [-0.15, -0.1) is 0 Å². The number of amidine groups is 1. The average Bonchev–Trinajstić information content (AvgIpc) is 2.72. The normalized spacial score (nSPS) is 23.6. The Morgan fingerprint density at radius 3 is 2.63 bits per heavy atom. The van der Waals surface area contributed by atoms with Gasteiger partial charge in [0.25, 0.3) is 5.92 Å². The lowest BCUT2D eigenvalue weighted by atomic mass is 9.61. The molecule has 1 aliphatic heterocycles. The maximum Gasteiger partial charge on any atom is 0.250 e. The number of alkyl halides is 2. The first-order valence-electron chi connectivity index (χ1n) is 6.09. The van der Waals surface area contributed by atoms with Crippen LogP contribution in [0.5, 0.6) is 0 Å². The summed E-state index contributed by atoms with van der Waals surface area (Å²) in [7, 11) is 1.87. The predicted octanol–water partition coefficient (Wildman–Crippen LogP) is 2.92. The van der Waals surface area contributed by atoms with Gasteiger partial charge in [0.1, 0.15) is 12.5 Å². The molecule has 3 nitrogen and oxygen atoms in total. The molecule has 0 aromatic heterocycles. The summed E-state index contributed by atoms with van der Waals surface area (Å²) in [6.45, 7) is 0.566. The van der Waals surface area contributed by atoms with Crippen LogP contribution < -0.4 is 5.43 Å². The number of nitrogens with zero attached hydrogens (tertiary/aromatic N) is 2. The molecular weight excluding hydrogens is 316 g/mol. The molecule has 1 N–H and O–H groups in total. The lowest BCUT2D eigenvalue weighted by molar-refractivity contribution is -0.107. The van der Waals surface area contributed by atoms with E-state index in [0.717, 1.165) is 10.0 Å². The number of hydrazone groups is 1. The van der Waals surface area contributed by atoms with Gasteiger partial charge in [0.2, 0.25) is 0 Å². The zero-order valence-corrected chi connectivity index (χ0v) is 12.0. The lowest BCUT2D eigenvalue weighted by Gasteiger charge is -2.48. The minimum Gasteiger partial charge on any atom is -0.342 e. The van der Waals surface area contributed by atoms with E-state index in [1.54, 1.807) is 0 Å². The van der Waals surface area contributed by atoms with Gasteiger partial charge in [0.15, 0.2) is 0 Å². The second-order valence-corrected chi connectivity index (χ2v) is 6.17. The maximum absolute atomic E-state index is 13.5. The summed E-state index contributed by atoms with van der Waals surface area (Å²) in [5.41, 5.74) is 3.08. The van der Waals surface area contributed by atoms with Crippen LogP contribution in [0.25, 0.3) is 0 Å². The topological polar surface area (TPSA) is 27.6 Å². The second-order valence-electron chi connectivity index (χ2n) is 5.25. The van der Waals surface area contributed by atoms with Crippen molar-refractivity contribution in [2.75, 3.05) is 13.7 Å². The summed E-state index contributed by atoms with van der Waals surface area (Å²) in [6, 6.07) is 7.57. The number of likely N-dealkylation sites (N-methyl/N-ethyl adjacent to an activating group) is 1. The molecule has 0 spiro atoms. The summed E-state index contributed by atoms with van der Waals surface area (Å²) in [5, 5.41) is 4.23. The molecule has 0 radical (unpaired) electrons. The number of nitrogens with one attached hydrogen (secondary N) is 1. The van der Waals surface area contributed by atoms with E-state index in [1.807, 2.05) is 36.2 Å². The van der Waals surface area contributed by atoms with Crippen molar-refractivity contribution in [1.29, 1.82) is 0 Å². The van der Waals surface area contributed by atoms with E-state index < -0.39 is 11.3 Å². The van der Waals surface area contributed by atoms with Gasteiger partial charge in [-0.05, 0) is 17.7 Å². The number of rotatable bonds is 2. The molecule has 0 atom stereocenters. The van der Waals surface area contributed by atoms with E-state index in [9.17, 15) is 8.78 Å². The Labute approximate surface area is 118 Å². The zero-order chi connectivity index (χ0) is 13.7. The molecule has 1 aromatic carbocycles. The number of benzene rings is 1. The Balaban J connectivity index is 2.04. The van der Waals surface area contributed by atoms with Crippen molar-refractivity contribution in [3.8, 4) is 0 Å². The number of hydrogen-bond donors (Lipinski definition) is 1. The van der Waals surface area contributed by atoms with E-state index in [1.165, 1.54) is 0 Å². The van der Waals surface area contributed by atoms with Crippen molar-refractivity contribution in [2.45, 2.75) is 24.2 Å². The Morgan fingerprint density at radius 1 is 1.37 bits per heavy atom. The SMILES string of the molecule is CN1CNN=C1C1(c2cccc(Br)c2)CC(F)(F)C1. The molecular formula is C13H14BrF2N3. The van der Waals surface area contributed by atoms with E-state index in [2.05, 4.69) is 26.5 Å². The van der Waals surface area contributed by atoms with Crippen LogP contribution in [0.4, 0.5) is 8.78 Å². The van der Waals surface area contributed by atoms with Crippen LogP contribution in [0.15, 0.2) is 33.8 Å². The van der Waals surface area contributed by atoms with Crippen molar-refractivity contribution in [2.24, 2.45) is 5.10 Å². The monoisotopic (exact) mass is 329 g/mol. The Hall–Kier alpha value is -1.17. The molecule has 1 aliphatic carbocycles. The largest absolute Gasteiger partial charge is 0.342 e. The Morgan fingerprint density at radius 2 is 2.11 bits per heavy atom. The van der Waals surface area contributed by atoms with Gasteiger partial charge in [0.05, 0.1) is 5.41 Å². The molecule has 1 heterocycles. The molecule has 2 aliphatic rings. The van der Waals surface area contributed by atoms with Crippen molar-refractivity contribution in [1.82, 2.24) is 10.3 Å². The van der Waals surface area contributed by atoms with Crippen molar-refractivity contribution in [3.05, 3.63) is 34.3 Å². The summed E-state index contributed by atoms with van der Waals surface area (Å²) >= 11 is 3.40. The highest BCUT2D eigenvalue weighted by molar-refractivity contribution is 9.10. The zero-order valence-electron chi connectivity index (χ0n) is 10.5. The second kappa shape index (κ2) is 4.16. The summed E-state index contributed by atoms with van der Waals surface area (Å²) in [4.78, 5) is 1.90. The molecule has 1 saturated carbocycles. The van der Waals surface area contributed by atoms with Gasteiger partial charge in [-0.1, -0.05) is 28.1 Å². The van der Waals surface area contributed by atoms with E-state index in [4.69, 9.17) is 0 Å². The van der Waals surface area contributed by atoms with Gasteiger partial charge in [-0.2, -0.15) is 5.10 Å². The van der Waals surface area contributed by atoms with Crippen LogP contribution in [-0.4, -0.2) is 30.4 Å². The molecule has 1 aromatic rings. The van der Waals surface area contributed by atoms with Gasteiger partial charge >= 0.3 is 0 Å². The van der Waals surface area contributed by atoms with Gasteiger partial charge in [-0.3, -0.25) is 5.43 Å². The summed E-state index contributed by atoms with van der Waals surface area (Å²) < 4.78 is 27.9. The van der Waals surface area contributed by atoms with Gasteiger partial charge < -0.3 is 4.90 Å². The van der Waals surface area contributed by atoms with Gasteiger partial charge in [0, 0.05) is 24.4 Å². The molecule has 6 heteroatoms. The lowest BCUT2D eigenvalue weighted by Crippen LogP contribution is -2.57. The van der Waals surface area contributed by atoms with Gasteiger partial charge in [-0.25, -0.2) is 8.78 Å². The van der Waals surface area contributed by atoms with Crippen LogP contribution in [0.3, 0.4) is 0 Å². The maximum atomic E-state index is 13.5. The van der Waals surface area contributed by atoms with E-state index in [-0.39, 0.29) is 12.8 Å². The average molecular weight is 330 g/mol. The molecule has 0 unspecified atom stereocenters. The molecule has 0 bridgehead atoms. The third-order valence-electron chi connectivity index (χ3n) is 3.78. The van der Waals surface area contributed by atoms with E-state index >= 15 is 0 Å². The Kier molecular flexibility index (Phi) is 2.81. The minimum absolute atomic E-state index is 0.179. The van der Waals surface area contributed by atoms with E-state index in [0.29, 0.717) is 12.5 Å². The third-order valence-corrected chi connectivity index (χ3v) is 4.27. The summed E-state index contributed by atoms with van der Waals surface area (Å²) in [6.07, 6.45) is -0.359. The first-order chi connectivity index (χ1) is 8.93. The third kappa shape index (κ3) is 2.02. The molecule has 102 valence electrons. The fourth-order valence-corrected chi connectivity index (χ4v) is 3.36. The fraction of sp³-hybridized carbons (Fsp3) is 0.462. The molecule has 19 heavy (non-hydrogen) atoms. The first kappa shape index (κ1) is 12.8. The predicted molar refractivity (Wildman–Crippen MR) is 73.2 cm³/mol. The van der Waals surface area contributed by atoms with Crippen LogP contribution >= 0.6 is 15.9 Å². The highest BCUT2D eigenvalue weighted by Crippen LogP contribution is 2.55. The highest BCUT2D eigenvalue weighted by atomic mass is 79.9. The number of hydrogen-bond acceptors (Lipinski definition) is 3. The quantitative estimate of drug-likeness (QED) is 0.903.